The van der Waals surface area contributed by atoms with Crippen LogP contribution >= 0.6 is 0 Å². The maximum absolute atomic E-state index is 6.09. The summed E-state index contributed by atoms with van der Waals surface area (Å²) in [6.07, 6.45) is 5.29. The third-order valence-electron chi connectivity index (χ3n) is 4.41. The van der Waals surface area contributed by atoms with Crippen LogP contribution in [0.25, 0.3) is 0 Å². The van der Waals surface area contributed by atoms with Crippen molar-refractivity contribution in [3.63, 3.8) is 0 Å². The van der Waals surface area contributed by atoms with Crippen LogP contribution in [0.4, 0.5) is 0 Å². The van der Waals surface area contributed by atoms with Gasteiger partial charge in [0, 0.05) is 32.7 Å². The Morgan fingerprint density at radius 3 is 2.37 bits per heavy atom. The number of hydrogen-bond acceptors (Lipinski definition) is 4. The van der Waals surface area contributed by atoms with E-state index in [9.17, 15) is 0 Å². The summed E-state index contributed by atoms with van der Waals surface area (Å²) in [5, 5.41) is 0. The molecule has 0 aromatic rings. The van der Waals surface area contributed by atoms with Gasteiger partial charge in [-0.3, -0.25) is 4.90 Å². The second kappa shape index (κ2) is 7.02. The van der Waals surface area contributed by atoms with Crippen molar-refractivity contribution in [3.05, 3.63) is 0 Å². The van der Waals surface area contributed by atoms with E-state index in [1.807, 2.05) is 0 Å². The summed E-state index contributed by atoms with van der Waals surface area (Å²) in [5.74, 6) is 0. The topological polar surface area (TPSA) is 41.7 Å². The first-order valence-electron chi connectivity index (χ1n) is 7.92. The molecule has 2 aliphatic rings. The van der Waals surface area contributed by atoms with Crippen LogP contribution in [0.5, 0.6) is 0 Å². The Balaban J connectivity index is 1.61. The fourth-order valence-electron chi connectivity index (χ4n) is 3.17. The van der Waals surface area contributed by atoms with Gasteiger partial charge in [-0.05, 0) is 52.6 Å². The zero-order chi connectivity index (χ0) is 13.7. The molecule has 2 N–H and O–H groups in total. The predicted molar refractivity (Wildman–Crippen MR) is 79.4 cm³/mol. The largest absolute Gasteiger partial charge is 0.371 e. The van der Waals surface area contributed by atoms with Crippen molar-refractivity contribution in [3.8, 4) is 0 Å². The van der Waals surface area contributed by atoms with E-state index in [4.69, 9.17) is 10.5 Å². The summed E-state index contributed by atoms with van der Waals surface area (Å²) < 4.78 is 6.09. The Morgan fingerprint density at radius 2 is 1.79 bits per heavy atom. The van der Waals surface area contributed by atoms with Gasteiger partial charge in [0.25, 0.3) is 0 Å². The summed E-state index contributed by atoms with van der Waals surface area (Å²) in [4.78, 5) is 5.15. The smallest absolute Gasteiger partial charge is 0.0710 e. The quantitative estimate of drug-likeness (QED) is 0.738. The van der Waals surface area contributed by atoms with Gasteiger partial charge in [0.15, 0.2) is 0 Å². The summed E-state index contributed by atoms with van der Waals surface area (Å²) in [7, 11) is 0. The fraction of sp³-hybridized carbons (Fsp3) is 1.00. The van der Waals surface area contributed by atoms with Crippen LogP contribution in [-0.4, -0.2) is 67.3 Å². The molecule has 2 aliphatic heterocycles. The molecule has 2 rings (SSSR count). The Kier molecular flexibility index (Phi) is 5.63. The lowest BCUT2D eigenvalue weighted by molar-refractivity contribution is -0.0335. The second-order valence-corrected chi connectivity index (χ2v) is 6.68. The highest BCUT2D eigenvalue weighted by molar-refractivity contribution is 4.84. The van der Waals surface area contributed by atoms with Gasteiger partial charge in [0.05, 0.1) is 11.7 Å². The molecule has 2 fully saturated rings. The monoisotopic (exact) mass is 269 g/mol. The average Bonchev–Trinajstić information content (AvgIpc) is 2.71. The minimum Gasteiger partial charge on any atom is -0.371 e. The molecular formula is C15H31N3O. The van der Waals surface area contributed by atoms with Gasteiger partial charge >= 0.3 is 0 Å². The van der Waals surface area contributed by atoms with E-state index in [1.165, 1.54) is 52.0 Å². The number of hydrogen-bond donors (Lipinski definition) is 1. The van der Waals surface area contributed by atoms with Gasteiger partial charge in [0.2, 0.25) is 0 Å². The molecule has 0 bridgehead atoms. The summed E-state index contributed by atoms with van der Waals surface area (Å²) in [6.45, 7) is 12.4. The maximum Gasteiger partial charge on any atom is 0.0710 e. The number of nitrogens with zero attached hydrogens (tertiary/aromatic N) is 2. The molecular weight excluding hydrogens is 238 g/mol. The summed E-state index contributed by atoms with van der Waals surface area (Å²) in [5.41, 5.74) is 5.64. The Hall–Kier alpha value is -0.160. The zero-order valence-corrected chi connectivity index (χ0v) is 12.7. The van der Waals surface area contributed by atoms with Crippen molar-refractivity contribution in [1.29, 1.82) is 0 Å². The Bertz CT molecular complexity index is 262. The zero-order valence-electron chi connectivity index (χ0n) is 12.7. The van der Waals surface area contributed by atoms with Crippen LogP contribution < -0.4 is 5.73 Å². The first-order chi connectivity index (χ1) is 9.09. The van der Waals surface area contributed by atoms with Crippen LogP contribution in [-0.2, 0) is 4.74 Å². The molecule has 0 radical (unpaired) electrons. The Morgan fingerprint density at radius 1 is 1.11 bits per heavy atom. The molecule has 0 saturated carbocycles. The minimum absolute atomic E-state index is 0.106. The Labute approximate surface area is 118 Å². The van der Waals surface area contributed by atoms with E-state index in [1.54, 1.807) is 0 Å². The average molecular weight is 269 g/mol. The van der Waals surface area contributed by atoms with E-state index < -0.39 is 0 Å². The van der Waals surface area contributed by atoms with Crippen LogP contribution in [0, 0.1) is 0 Å². The van der Waals surface area contributed by atoms with E-state index in [2.05, 4.69) is 23.6 Å². The number of piperazine rings is 1. The molecule has 0 aliphatic carbocycles. The molecule has 0 aromatic carbocycles. The first-order valence-corrected chi connectivity index (χ1v) is 7.92. The molecule has 0 amide bonds. The van der Waals surface area contributed by atoms with Crippen LogP contribution in [0.2, 0.25) is 0 Å². The lowest BCUT2D eigenvalue weighted by Crippen LogP contribution is -2.48. The van der Waals surface area contributed by atoms with Crippen molar-refractivity contribution in [2.24, 2.45) is 5.73 Å². The van der Waals surface area contributed by atoms with Crippen LogP contribution in [0.1, 0.15) is 39.5 Å². The van der Waals surface area contributed by atoms with Gasteiger partial charge in [0.1, 0.15) is 0 Å². The van der Waals surface area contributed by atoms with Crippen molar-refractivity contribution >= 4 is 0 Å². The molecule has 2 heterocycles. The van der Waals surface area contributed by atoms with Gasteiger partial charge in [-0.25, -0.2) is 0 Å². The summed E-state index contributed by atoms with van der Waals surface area (Å²) >= 11 is 0. The van der Waals surface area contributed by atoms with Gasteiger partial charge in [-0.2, -0.15) is 0 Å². The van der Waals surface area contributed by atoms with Crippen molar-refractivity contribution in [1.82, 2.24) is 9.80 Å². The summed E-state index contributed by atoms with van der Waals surface area (Å²) in [6, 6.07) is 0. The van der Waals surface area contributed by atoms with Gasteiger partial charge < -0.3 is 15.4 Å². The van der Waals surface area contributed by atoms with Gasteiger partial charge in [-0.15, -0.1) is 0 Å². The predicted octanol–water partition coefficient (Wildman–Crippen LogP) is 1.30. The van der Waals surface area contributed by atoms with Crippen LogP contribution in [0.15, 0.2) is 0 Å². The van der Waals surface area contributed by atoms with Gasteiger partial charge in [-0.1, -0.05) is 0 Å². The van der Waals surface area contributed by atoms with E-state index in [-0.39, 0.29) is 5.60 Å². The lowest BCUT2D eigenvalue weighted by Gasteiger charge is -2.36. The number of ether oxygens (including phenoxy) is 1. The highest BCUT2D eigenvalue weighted by Crippen LogP contribution is 2.29. The third kappa shape index (κ3) is 5.03. The van der Waals surface area contributed by atoms with Crippen molar-refractivity contribution in [2.75, 3.05) is 45.8 Å². The second-order valence-electron chi connectivity index (χ2n) is 6.68. The highest BCUT2D eigenvalue weighted by Gasteiger charge is 2.33. The maximum atomic E-state index is 6.09. The highest BCUT2D eigenvalue weighted by atomic mass is 16.5. The minimum atomic E-state index is 0.106. The number of unbranched alkanes of at least 4 members (excludes halogenated alkanes) is 1. The third-order valence-corrected chi connectivity index (χ3v) is 4.41. The molecule has 19 heavy (non-hydrogen) atoms. The molecule has 112 valence electrons. The molecule has 4 nitrogen and oxygen atoms in total. The molecule has 0 aromatic heterocycles. The molecule has 4 heteroatoms. The fourth-order valence-corrected chi connectivity index (χ4v) is 3.17. The van der Waals surface area contributed by atoms with E-state index in [0.717, 1.165) is 19.5 Å². The van der Waals surface area contributed by atoms with E-state index >= 15 is 0 Å². The van der Waals surface area contributed by atoms with Crippen molar-refractivity contribution in [2.45, 2.75) is 51.2 Å². The molecule has 1 unspecified atom stereocenters. The molecule has 1 atom stereocenters. The molecule has 0 spiro atoms. The van der Waals surface area contributed by atoms with Crippen molar-refractivity contribution < 1.29 is 4.74 Å². The normalized spacial score (nSPS) is 28.9. The first kappa shape index (κ1) is 15.2. The lowest BCUT2D eigenvalue weighted by atomic mass is 10.1. The number of rotatable bonds is 6. The standard InChI is InChI=1S/C15H31N3O/c1-15(2)6-5-14(19-15)13-18-11-9-17(10-12-18)8-4-3-7-16/h14H,3-13,16H2,1-2H3. The van der Waals surface area contributed by atoms with Crippen LogP contribution in [0.3, 0.4) is 0 Å². The van der Waals surface area contributed by atoms with E-state index in [0.29, 0.717) is 6.10 Å². The number of nitrogens with two attached hydrogens (primary N) is 1. The molecule has 2 saturated heterocycles. The SMILES string of the molecule is CC1(C)CCC(CN2CCN(CCCCN)CC2)O1.